The first kappa shape index (κ1) is 14.2. The number of rotatable bonds is 5. The summed E-state index contributed by atoms with van der Waals surface area (Å²) >= 11 is 0.865. The van der Waals surface area contributed by atoms with E-state index in [2.05, 4.69) is 15.3 Å². The van der Waals surface area contributed by atoms with Gasteiger partial charge in [-0.05, 0) is 18.2 Å². The fraction of sp³-hybridized carbons (Fsp3) is 0.143. The topological polar surface area (TPSA) is 101 Å². The summed E-state index contributed by atoms with van der Waals surface area (Å²) in [6.45, 7) is 0.407. The largest absolute Gasteiger partial charge is 0.351 e. The lowest BCUT2D eigenvalue weighted by Crippen LogP contribution is -2.25. The number of fused-ring (bicyclic) bond motifs is 1. The fourth-order valence-corrected chi connectivity index (χ4v) is 2.79. The molecule has 3 rings (SSSR count). The van der Waals surface area contributed by atoms with E-state index < -0.39 is 4.92 Å². The molecule has 0 aliphatic heterocycles. The number of amides is 1. The predicted molar refractivity (Wildman–Crippen MR) is 83.1 cm³/mol. The summed E-state index contributed by atoms with van der Waals surface area (Å²) < 4.78 is 0. The number of hydrogen-bond donors (Lipinski definition) is 2. The zero-order valence-electron chi connectivity index (χ0n) is 11.4. The number of nitro groups is 1. The molecule has 22 heavy (non-hydrogen) atoms. The molecule has 0 bridgehead atoms. The predicted octanol–water partition coefficient (Wildman–Crippen LogP) is 2.51. The summed E-state index contributed by atoms with van der Waals surface area (Å²) in [4.78, 5) is 29.9. The van der Waals surface area contributed by atoms with Gasteiger partial charge in [0.15, 0.2) is 0 Å². The van der Waals surface area contributed by atoms with Gasteiger partial charge in [0, 0.05) is 19.0 Å². The first-order valence-electron chi connectivity index (χ1n) is 6.59. The molecule has 8 heteroatoms. The molecule has 1 amide bonds. The van der Waals surface area contributed by atoms with Crippen molar-refractivity contribution >= 4 is 33.3 Å². The van der Waals surface area contributed by atoms with Crippen molar-refractivity contribution in [3.8, 4) is 0 Å². The highest BCUT2D eigenvalue weighted by atomic mass is 32.1. The van der Waals surface area contributed by atoms with Crippen LogP contribution in [0.1, 0.15) is 15.5 Å². The Balaban J connectivity index is 1.57. The van der Waals surface area contributed by atoms with Crippen LogP contribution in [0.5, 0.6) is 0 Å². The van der Waals surface area contributed by atoms with Crippen molar-refractivity contribution in [3.05, 3.63) is 57.2 Å². The highest BCUT2D eigenvalue weighted by molar-refractivity contribution is 7.17. The van der Waals surface area contributed by atoms with Crippen LogP contribution in [-0.2, 0) is 6.42 Å². The van der Waals surface area contributed by atoms with E-state index in [0.29, 0.717) is 17.8 Å². The van der Waals surface area contributed by atoms with Crippen molar-refractivity contribution in [2.24, 2.45) is 0 Å². The number of hydrogen-bond acceptors (Lipinski definition) is 5. The molecule has 2 heterocycles. The minimum absolute atomic E-state index is 0.0394. The van der Waals surface area contributed by atoms with E-state index in [0.717, 1.165) is 28.2 Å². The SMILES string of the molecule is O=C(NCCc1nc2ccccc2[nH]1)c1ccc([N+](=O)[O-])s1. The Morgan fingerprint density at radius 3 is 2.86 bits per heavy atom. The van der Waals surface area contributed by atoms with Crippen LogP contribution < -0.4 is 5.32 Å². The molecule has 0 atom stereocenters. The van der Waals surface area contributed by atoms with Crippen molar-refractivity contribution in [1.82, 2.24) is 15.3 Å². The van der Waals surface area contributed by atoms with Gasteiger partial charge in [-0.25, -0.2) is 4.98 Å². The van der Waals surface area contributed by atoms with Gasteiger partial charge in [-0.2, -0.15) is 0 Å². The monoisotopic (exact) mass is 316 g/mol. The van der Waals surface area contributed by atoms with Gasteiger partial charge < -0.3 is 10.3 Å². The van der Waals surface area contributed by atoms with Gasteiger partial charge in [-0.15, -0.1) is 0 Å². The van der Waals surface area contributed by atoms with Crippen LogP contribution in [-0.4, -0.2) is 27.3 Å². The highest BCUT2D eigenvalue weighted by Crippen LogP contribution is 2.23. The summed E-state index contributed by atoms with van der Waals surface area (Å²) in [6, 6.07) is 10.5. The molecule has 0 unspecified atom stereocenters. The van der Waals surface area contributed by atoms with Crippen LogP contribution in [0.4, 0.5) is 5.00 Å². The average molecular weight is 316 g/mol. The first-order chi connectivity index (χ1) is 10.6. The van der Waals surface area contributed by atoms with Crippen LogP contribution >= 0.6 is 11.3 Å². The number of nitrogens with zero attached hydrogens (tertiary/aromatic N) is 2. The lowest BCUT2D eigenvalue weighted by atomic mass is 10.3. The summed E-state index contributed by atoms with van der Waals surface area (Å²) in [5, 5.41) is 13.3. The standard InChI is InChI=1S/C14H12N4O3S/c19-14(11-5-6-13(22-11)18(20)21)15-8-7-12-16-9-3-1-2-4-10(9)17-12/h1-6H,7-8H2,(H,15,19)(H,16,17). The molecule has 2 aromatic heterocycles. The molecule has 7 nitrogen and oxygen atoms in total. The average Bonchev–Trinajstić information content (AvgIpc) is 3.13. The highest BCUT2D eigenvalue weighted by Gasteiger charge is 2.14. The molecule has 3 aromatic rings. The molecule has 0 spiro atoms. The minimum Gasteiger partial charge on any atom is -0.351 e. The van der Waals surface area contributed by atoms with Crippen LogP contribution in [0, 0.1) is 10.1 Å². The summed E-state index contributed by atoms with van der Waals surface area (Å²) in [5.74, 6) is 0.480. The van der Waals surface area contributed by atoms with Crippen molar-refractivity contribution < 1.29 is 9.72 Å². The summed E-state index contributed by atoms with van der Waals surface area (Å²) in [5.41, 5.74) is 1.84. The summed E-state index contributed by atoms with van der Waals surface area (Å²) in [7, 11) is 0. The Bertz CT molecular complexity index is 806. The number of imidazole rings is 1. The Morgan fingerprint density at radius 2 is 2.14 bits per heavy atom. The Hall–Kier alpha value is -2.74. The molecule has 0 fully saturated rings. The maximum Gasteiger partial charge on any atom is 0.324 e. The molecular weight excluding hydrogens is 304 g/mol. The lowest BCUT2D eigenvalue weighted by Gasteiger charge is -2.01. The van der Waals surface area contributed by atoms with Gasteiger partial charge in [0.1, 0.15) is 5.82 Å². The third-order valence-electron chi connectivity index (χ3n) is 3.08. The van der Waals surface area contributed by atoms with Crippen LogP contribution in [0.2, 0.25) is 0 Å². The van der Waals surface area contributed by atoms with Gasteiger partial charge in [-0.1, -0.05) is 23.5 Å². The van der Waals surface area contributed by atoms with Crippen molar-refractivity contribution in [2.75, 3.05) is 6.54 Å². The number of aromatic amines is 1. The molecule has 1 aromatic carbocycles. The third-order valence-corrected chi connectivity index (χ3v) is 4.12. The molecule has 2 N–H and O–H groups in total. The van der Waals surface area contributed by atoms with E-state index in [9.17, 15) is 14.9 Å². The Morgan fingerprint density at radius 1 is 1.32 bits per heavy atom. The second kappa shape index (κ2) is 5.94. The fourth-order valence-electron chi connectivity index (χ4n) is 2.05. The molecule has 0 saturated heterocycles. The van der Waals surface area contributed by atoms with Gasteiger partial charge in [-0.3, -0.25) is 14.9 Å². The normalized spacial score (nSPS) is 10.7. The second-order valence-electron chi connectivity index (χ2n) is 4.60. The number of carbonyl (C=O) groups is 1. The summed E-state index contributed by atoms with van der Waals surface area (Å²) in [6.07, 6.45) is 0.563. The second-order valence-corrected chi connectivity index (χ2v) is 5.66. The molecule has 0 radical (unpaired) electrons. The first-order valence-corrected chi connectivity index (χ1v) is 7.41. The Kier molecular flexibility index (Phi) is 3.84. The zero-order valence-corrected chi connectivity index (χ0v) is 12.2. The number of nitrogens with one attached hydrogen (secondary N) is 2. The number of H-pyrrole nitrogens is 1. The van der Waals surface area contributed by atoms with Gasteiger partial charge >= 0.3 is 5.00 Å². The zero-order chi connectivity index (χ0) is 15.5. The van der Waals surface area contributed by atoms with Crippen LogP contribution in [0.15, 0.2) is 36.4 Å². The molecule has 0 aliphatic rings. The smallest absolute Gasteiger partial charge is 0.324 e. The van der Waals surface area contributed by atoms with E-state index >= 15 is 0 Å². The molecule has 112 valence electrons. The van der Waals surface area contributed by atoms with Crippen molar-refractivity contribution in [2.45, 2.75) is 6.42 Å². The number of benzene rings is 1. The van der Waals surface area contributed by atoms with E-state index in [1.165, 1.54) is 12.1 Å². The van der Waals surface area contributed by atoms with Gasteiger partial charge in [0.2, 0.25) is 0 Å². The minimum atomic E-state index is -0.504. The van der Waals surface area contributed by atoms with Crippen molar-refractivity contribution in [1.29, 1.82) is 0 Å². The maximum atomic E-state index is 11.9. The lowest BCUT2D eigenvalue weighted by molar-refractivity contribution is -0.380. The molecular formula is C14H12N4O3S. The van der Waals surface area contributed by atoms with E-state index in [1.807, 2.05) is 24.3 Å². The van der Waals surface area contributed by atoms with E-state index in [4.69, 9.17) is 0 Å². The molecule has 0 saturated carbocycles. The number of thiophene rings is 1. The quantitative estimate of drug-likeness (QED) is 0.558. The van der Waals surface area contributed by atoms with Crippen LogP contribution in [0.3, 0.4) is 0 Å². The van der Waals surface area contributed by atoms with Crippen LogP contribution in [0.25, 0.3) is 11.0 Å². The maximum absolute atomic E-state index is 11.9. The number of para-hydroxylation sites is 2. The van der Waals surface area contributed by atoms with E-state index in [1.54, 1.807) is 0 Å². The van der Waals surface area contributed by atoms with Crippen molar-refractivity contribution in [3.63, 3.8) is 0 Å². The number of aromatic nitrogens is 2. The number of carbonyl (C=O) groups excluding carboxylic acids is 1. The van der Waals surface area contributed by atoms with Gasteiger partial charge in [0.05, 0.1) is 20.8 Å². The third kappa shape index (κ3) is 2.96. The molecule has 0 aliphatic carbocycles. The van der Waals surface area contributed by atoms with E-state index in [-0.39, 0.29) is 10.9 Å². The van der Waals surface area contributed by atoms with Gasteiger partial charge in [0.25, 0.3) is 5.91 Å². The Labute approximate surface area is 129 Å².